The van der Waals surface area contributed by atoms with Crippen molar-refractivity contribution in [1.82, 2.24) is 4.31 Å². The molecule has 1 fully saturated rings. The first-order valence-corrected chi connectivity index (χ1v) is 8.26. The predicted octanol–water partition coefficient (Wildman–Crippen LogP) is 1.88. The third kappa shape index (κ3) is 2.73. The predicted molar refractivity (Wildman–Crippen MR) is 76.3 cm³/mol. The van der Waals surface area contributed by atoms with Crippen LogP contribution >= 0.6 is 0 Å². The van der Waals surface area contributed by atoms with Gasteiger partial charge in [0.2, 0.25) is 10.0 Å². The molecule has 0 aliphatic heterocycles. The van der Waals surface area contributed by atoms with E-state index in [-0.39, 0.29) is 16.9 Å². The lowest BCUT2D eigenvalue weighted by Gasteiger charge is -2.28. The number of hydrogen-bond acceptors (Lipinski definition) is 3. The molecular formula is C14H21FN2O2S. The zero-order valence-corrected chi connectivity index (χ0v) is 12.7. The summed E-state index contributed by atoms with van der Waals surface area (Å²) >= 11 is 0. The number of sulfonamides is 1. The van der Waals surface area contributed by atoms with E-state index in [0.717, 1.165) is 24.8 Å². The lowest BCUT2D eigenvalue weighted by Crippen LogP contribution is -2.41. The molecule has 2 unspecified atom stereocenters. The van der Waals surface area contributed by atoms with E-state index in [1.807, 2.05) is 0 Å². The molecule has 20 heavy (non-hydrogen) atoms. The highest BCUT2D eigenvalue weighted by atomic mass is 32.2. The molecule has 1 aromatic rings. The summed E-state index contributed by atoms with van der Waals surface area (Å²) in [6.07, 6.45) is 2.67. The molecule has 2 atom stereocenters. The molecule has 2 N–H and O–H groups in total. The van der Waals surface area contributed by atoms with Gasteiger partial charge in [-0.1, -0.05) is 12.5 Å². The van der Waals surface area contributed by atoms with Gasteiger partial charge in [0, 0.05) is 13.1 Å². The van der Waals surface area contributed by atoms with Crippen LogP contribution in [0.3, 0.4) is 0 Å². The van der Waals surface area contributed by atoms with Crippen molar-refractivity contribution in [2.24, 2.45) is 11.7 Å². The fourth-order valence-corrected chi connectivity index (χ4v) is 4.51. The zero-order valence-electron chi connectivity index (χ0n) is 11.8. The van der Waals surface area contributed by atoms with E-state index in [1.54, 1.807) is 13.0 Å². The monoisotopic (exact) mass is 300 g/mol. The van der Waals surface area contributed by atoms with Crippen molar-refractivity contribution in [2.75, 3.05) is 13.6 Å². The van der Waals surface area contributed by atoms with Crippen molar-refractivity contribution < 1.29 is 12.8 Å². The Balaban J connectivity index is 2.37. The van der Waals surface area contributed by atoms with Gasteiger partial charge in [-0.25, -0.2) is 12.8 Å². The van der Waals surface area contributed by atoms with Crippen LogP contribution in [0.2, 0.25) is 0 Å². The highest BCUT2D eigenvalue weighted by Crippen LogP contribution is 2.32. The van der Waals surface area contributed by atoms with E-state index in [1.165, 1.54) is 23.5 Å². The maximum atomic E-state index is 13.9. The number of rotatable bonds is 4. The Morgan fingerprint density at radius 3 is 2.75 bits per heavy atom. The second kappa shape index (κ2) is 5.79. The molecule has 2 rings (SSSR count). The van der Waals surface area contributed by atoms with Crippen LogP contribution in [-0.2, 0) is 10.0 Å². The van der Waals surface area contributed by atoms with Gasteiger partial charge in [0.25, 0.3) is 0 Å². The van der Waals surface area contributed by atoms with Crippen LogP contribution in [0.1, 0.15) is 24.8 Å². The topological polar surface area (TPSA) is 63.4 Å². The van der Waals surface area contributed by atoms with Crippen molar-refractivity contribution in [3.63, 3.8) is 0 Å². The molecule has 0 radical (unpaired) electrons. The van der Waals surface area contributed by atoms with E-state index < -0.39 is 15.8 Å². The number of nitrogens with two attached hydrogens (primary N) is 1. The summed E-state index contributed by atoms with van der Waals surface area (Å²) in [5.74, 6) is -0.549. The van der Waals surface area contributed by atoms with Crippen molar-refractivity contribution in [2.45, 2.75) is 37.1 Å². The van der Waals surface area contributed by atoms with Gasteiger partial charge in [0.15, 0.2) is 0 Å². The number of halogens is 1. The number of nitrogens with zero attached hydrogens (tertiary/aromatic N) is 1. The maximum Gasteiger partial charge on any atom is 0.246 e. The molecule has 6 heteroatoms. The average molecular weight is 300 g/mol. The maximum absolute atomic E-state index is 13.9. The first-order valence-electron chi connectivity index (χ1n) is 6.82. The first-order chi connectivity index (χ1) is 9.37. The first kappa shape index (κ1) is 15.4. The van der Waals surface area contributed by atoms with Crippen LogP contribution < -0.4 is 5.73 Å². The standard InChI is InChI=1S/C14H21FN2O2S/c1-10-6-7-12(15)14(8-10)20(18,19)17(2)13-5-3-4-11(13)9-16/h6-8,11,13H,3-5,9,16H2,1-2H3. The van der Waals surface area contributed by atoms with Gasteiger partial charge in [-0.15, -0.1) is 0 Å². The lowest BCUT2D eigenvalue weighted by molar-refractivity contribution is 0.303. The molecule has 0 heterocycles. The summed E-state index contributed by atoms with van der Waals surface area (Å²) in [5, 5.41) is 0. The summed E-state index contributed by atoms with van der Waals surface area (Å²) in [6.45, 7) is 2.21. The molecule has 4 nitrogen and oxygen atoms in total. The van der Waals surface area contributed by atoms with E-state index >= 15 is 0 Å². The Kier molecular flexibility index (Phi) is 4.46. The molecule has 112 valence electrons. The molecule has 0 bridgehead atoms. The quantitative estimate of drug-likeness (QED) is 0.923. The third-order valence-electron chi connectivity index (χ3n) is 4.13. The van der Waals surface area contributed by atoms with Crippen molar-refractivity contribution in [3.05, 3.63) is 29.6 Å². The molecule has 0 saturated heterocycles. The average Bonchev–Trinajstić information content (AvgIpc) is 2.88. The smallest absolute Gasteiger partial charge is 0.246 e. The van der Waals surface area contributed by atoms with Crippen LogP contribution in [0, 0.1) is 18.7 Å². The van der Waals surface area contributed by atoms with Crippen LogP contribution in [0.15, 0.2) is 23.1 Å². The summed E-state index contributed by atoms with van der Waals surface area (Å²) in [5.41, 5.74) is 6.42. The van der Waals surface area contributed by atoms with Crippen molar-refractivity contribution in [3.8, 4) is 0 Å². The van der Waals surface area contributed by atoms with Crippen LogP contribution in [0.4, 0.5) is 4.39 Å². The number of aryl methyl sites for hydroxylation is 1. The molecule has 0 amide bonds. The Bertz CT molecular complexity index is 589. The third-order valence-corrected chi connectivity index (χ3v) is 6.03. The summed E-state index contributed by atoms with van der Waals surface area (Å²) < 4.78 is 40.4. The molecule has 1 aromatic carbocycles. The molecule has 1 saturated carbocycles. The highest BCUT2D eigenvalue weighted by Gasteiger charge is 2.36. The normalized spacial score (nSPS) is 23.4. The summed E-state index contributed by atoms with van der Waals surface area (Å²) in [4.78, 5) is -0.248. The summed E-state index contributed by atoms with van der Waals surface area (Å²) in [6, 6.07) is 4.01. The molecule has 1 aliphatic carbocycles. The highest BCUT2D eigenvalue weighted by molar-refractivity contribution is 7.89. The lowest BCUT2D eigenvalue weighted by atomic mass is 10.0. The van der Waals surface area contributed by atoms with Crippen molar-refractivity contribution in [1.29, 1.82) is 0 Å². The molecular weight excluding hydrogens is 279 g/mol. The van der Waals surface area contributed by atoms with Gasteiger partial charge in [-0.2, -0.15) is 4.31 Å². The van der Waals surface area contributed by atoms with Gasteiger partial charge < -0.3 is 5.73 Å². The zero-order chi connectivity index (χ0) is 14.9. The second-order valence-corrected chi connectivity index (χ2v) is 7.42. The Labute approximate surface area is 119 Å². The number of benzene rings is 1. The van der Waals surface area contributed by atoms with Gasteiger partial charge in [-0.3, -0.25) is 0 Å². The Morgan fingerprint density at radius 1 is 1.40 bits per heavy atom. The second-order valence-electron chi connectivity index (χ2n) is 5.45. The Morgan fingerprint density at radius 2 is 2.10 bits per heavy atom. The minimum atomic E-state index is -3.82. The van der Waals surface area contributed by atoms with E-state index in [2.05, 4.69) is 0 Å². The van der Waals surface area contributed by atoms with Crippen LogP contribution in [0.5, 0.6) is 0 Å². The van der Waals surface area contributed by atoms with E-state index in [9.17, 15) is 12.8 Å². The summed E-state index contributed by atoms with van der Waals surface area (Å²) in [7, 11) is -2.29. The fraction of sp³-hybridized carbons (Fsp3) is 0.571. The van der Waals surface area contributed by atoms with Gasteiger partial charge in [0.1, 0.15) is 10.7 Å². The Hall–Kier alpha value is -0.980. The van der Waals surface area contributed by atoms with E-state index in [4.69, 9.17) is 5.73 Å². The minimum absolute atomic E-state index is 0.134. The fourth-order valence-electron chi connectivity index (χ4n) is 2.91. The van der Waals surface area contributed by atoms with Gasteiger partial charge >= 0.3 is 0 Å². The minimum Gasteiger partial charge on any atom is -0.330 e. The molecule has 1 aliphatic rings. The van der Waals surface area contributed by atoms with Gasteiger partial charge in [-0.05, 0) is 49.9 Å². The van der Waals surface area contributed by atoms with E-state index in [0.29, 0.717) is 6.54 Å². The van der Waals surface area contributed by atoms with Crippen LogP contribution in [-0.4, -0.2) is 32.4 Å². The largest absolute Gasteiger partial charge is 0.330 e. The van der Waals surface area contributed by atoms with Crippen molar-refractivity contribution >= 4 is 10.0 Å². The number of hydrogen-bond donors (Lipinski definition) is 1. The molecule has 0 aromatic heterocycles. The van der Waals surface area contributed by atoms with Crippen LogP contribution in [0.25, 0.3) is 0 Å². The molecule has 0 spiro atoms. The SMILES string of the molecule is Cc1ccc(F)c(S(=O)(=O)N(C)C2CCCC2CN)c1. The van der Waals surface area contributed by atoms with Gasteiger partial charge in [0.05, 0.1) is 0 Å².